The second kappa shape index (κ2) is 6.86. The van der Waals surface area contributed by atoms with Gasteiger partial charge in [-0.15, -0.1) is 10.2 Å². The molecule has 1 aliphatic rings. The first-order chi connectivity index (χ1) is 9.90. The van der Waals surface area contributed by atoms with Crippen LogP contribution in [-0.2, 0) is 11.2 Å². The van der Waals surface area contributed by atoms with Crippen LogP contribution in [0.3, 0.4) is 0 Å². The van der Waals surface area contributed by atoms with Gasteiger partial charge >= 0.3 is 0 Å². The molecule has 1 aliphatic carbocycles. The number of anilines is 1. The monoisotopic (exact) mass is 309 g/mol. The molecular weight excluding hydrogens is 282 g/mol. The van der Waals surface area contributed by atoms with Gasteiger partial charge in [-0.1, -0.05) is 39.0 Å². The Kier molecular flexibility index (Phi) is 5.36. The topological polar surface area (TPSA) is 54.9 Å². The van der Waals surface area contributed by atoms with Crippen molar-refractivity contribution >= 4 is 22.4 Å². The van der Waals surface area contributed by atoms with Gasteiger partial charge in [-0.2, -0.15) is 0 Å². The molecule has 1 fully saturated rings. The van der Waals surface area contributed by atoms with Gasteiger partial charge in [0.1, 0.15) is 5.01 Å². The molecule has 0 aromatic carbocycles. The van der Waals surface area contributed by atoms with Gasteiger partial charge in [0.25, 0.3) is 0 Å². The highest BCUT2D eigenvalue weighted by molar-refractivity contribution is 7.15. The minimum absolute atomic E-state index is 0.126. The Balaban J connectivity index is 1.84. The summed E-state index contributed by atoms with van der Waals surface area (Å²) in [6, 6.07) is 0. The molecule has 1 amide bonds. The molecule has 5 heteroatoms. The number of rotatable bonds is 4. The minimum atomic E-state index is 0.126. The van der Waals surface area contributed by atoms with Crippen molar-refractivity contribution in [3.63, 3.8) is 0 Å². The Morgan fingerprint density at radius 2 is 1.90 bits per heavy atom. The van der Waals surface area contributed by atoms with Crippen molar-refractivity contribution in [2.75, 3.05) is 5.32 Å². The summed E-state index contributed by atoms with van der Waals surface area (Å²) >= 11 is 1.50. The minimum Gasteiger partial charge on any atom is -0.300 e. The van der Waals surface area contributed by atoms with Crippen LogP contribution in [0.15, 0.2) is 0 Å². The average Bonchev–Trinajstić information content (AvgIpc) is 2.86. The van der Waals surface area contributed by atoms with Gasteiger partial charge in [0.2, 0.25) is 11.0 Å². The van der Waals surface area contributed by atoms with Crippen molar-refractivity contribution < 1.29 is 4.79 Å². The van der Waals surface area contributed by atoms with Crippen molar-refractivity contribution in [1.82, 2.24) is 10.2 Å². The van der Waals surface area contributed by atoms with Crippen LogP contribution in [0.4, 0.5) is 5.13 Å². The molecule has 1 aromatic heterocycles. The second-order valence-electron chi connectivity index (χ2n) is 7.15. The smallest absolute Gasteiger partial charge is 0.229 e. The Morgan fingerprint density at radius 3 is 2.48 bits per heavy atom. The van der Waals surface area contributed by atoms with Gasteiger partial charge in [0, 0.05) is 12.3 Å². The van der Waals surface area contributed by atoms with Gasteiger partial charge in [-0.3, -0.25) is 4.79 Å². The zero-order valence-electron chi connectivity index (χ0n) is 13.6. The summed E-state index contributed by atoms with van der Waals surface area (Å²) in [7, 11) is 0. The van der Waals surface area contributed by atoms with Crippen LogP contribution >= 0.6 is 11.3 Å². The van der Waals surface area contributed by atoms with E-state index >= 15 is 0 Å². The zero-order chi connectivity index (χ0) is 15.5. The van der Waals surface area contributed by atoms with Gasteiger partial charge < -0.3 is 5.32 Å². The van der Waals surface area contributed by atoms with E-state index in [1.54, 1.807) is 0 Å². The van der Waals surface area contributed by atoms with E-state index in [0.717, 1.165) is 49.5 Å². The molecule has 2 rings (SSSR count). The number of carbonyl (C=O) groups excluding carboxylic acids is 1. The lowest BCUT2D eigenvalue weighted by atomic mass is 9.70. The van der Waals surface area contributed by atoms with Crippen molar-refractivity contribution in [2.24, 2.45) is 17.3 Å². The predicted molar refractivity (Wildman–Crippen MR) is 87.4 cm³/mol. The molecule has 0 atom stereocenters. The van der Waals surface area contributed by atoms with Crippen molar-refractivity contribution in [1.29, 1.82) is 0 Å². The molecule has 0 unspecified atom stereocenters. The van der Waals surface area contributed by atoms with Crippen molar-refractivity contribution in [3.05, 3.63) is 5.01 Å². The van der Waals surface area contributed by atoms with E-state index in [1.807, 2.05) is 0 Å². The molecule has 0 saturated heterocycles. The predicted octanol–water partition coefficient (Wildman–Crippen LogP) is 4.28. The van der Waals surface area contributed by atoms with Crippen LogP contribution in [0, 0.1) is 17.3 Å². The van der Waals surface area contributed by atoms with Gasteiger partial charge in [0.05, 0.1) is 0 Å². The molecule has 1 saturated carbocycles. The highest BCUT2D eigenvalue weighted by Crippen LogP contribution is 2.40. The third-order valence-corrected chi connectivity index (χ3v) is 5.38. The highest BCUT2D eigenvalue weighted by atomic mass is 32.1. The molecule has 0 spiro atoms. The van der Waals surface area contributed by atoms with Gasteiger partial charge in [-0.25, -0.2) is 0 Å². The summed E-state index contributed by atoms with van der Waals surface area (Å²) in [5.41, 5.74) is 0.357. The first-order valence-corrected chi connectivity index (χ1v) is 8.85. The van der Waals surface area contributed by atoms with Crippen LogP contribution in [0.2, 0.25) is 0 Å². The Morgan fingerprint density at radius 1 is 1.24 bits per heavy atom. The van der Waals surface area contributed by atoms with Crippen LogP contribution < -0.4 is 5.32 Å². The lowest BCUT2D eigenvalue weighted by molar-refractivity contribution is -0.121. The van der Waals surface area contributed by atoms with Crippen LogP contribution in [-0.4, -0.2) is 16.1 Å². The molecule has 1 heterocycles. The molecular formula is C16H27N3OS. The van der Waals surface area contributed by atoms with Crippen molar-refractivity contribution in [3.8, 4) is 0 Å². The summed E-state index contributed by atoms with van der Waals surface area (Å²) in [6.45, 7) is 9.02. The number of amides is 1. The van der Waals surface area contributed by atoms with E-state index in [2.05, 4.69) is 43.2 Å². The fourth-order valence-corrected chi connectivity index (χ4v) is 3.89. The van der Waals surface area contributed by atoms with Crippen molar-refractivity contribution in [2.45, 2.75) is 66.2 Å². The number of nitrogens with zero attached hydrogens (tertiary/aromatic N) is 2. The average molecular weight is 309 g/mol. The largest absolute Gasteiger partial charge is 0.300 e. The highest BCUT2D eigenvalue weighted by Gasteiger charge is 2.32. The maximum absolute atomic E-state index is 12.3. The fourth-order valence-electron chi connectivity index (χ4n) is 3.05. The second-order valence-corrected chi connectivity index (χ2v) is 8.22. The SMILES string of the molecule is CCCc1nnc(NC(=O)C2CCC(C(C)(C)C)CC2)s1. The summed E-state index contributed by atoms with van der Waals surface area (Å²) in [5.74, 6) is 1.00. The van der Waals surface area contributed by atoms with E-state index in [4.69, 9.17) is 0 Å². The normalized spacial score (nSPS) is 23.0. The molecule has 21 heavy (non-hydrogen) atoms. The maximum Gasteiger partial charge on any atom is 0.229 e. The Bertz CT molecular complexity index is 470. The number of nitrogens with one attached hydrogen (secondary N) is 1. The van der Waals surface area contributed by atoms with E-state index in [0.29, 0.717) is 10.5 Å². The van der Waals surface area contributed by atoms with Crippen LogP contribution in [0.1, 0.15) is 64.8 Å². The number of hydrogen-bond acceptors (Lipinski definition) is 4. The maximum atomic E-state index is 12.3. The quantitative estimate of drug-likeness (QED) is 0.903. The first-order valence-electron chi connectivity index (χ1n) is 8.03. The molecule has 0 radical (unpaired) electrons. The summed E-state index contributed by atoms with van der Waals surface area (Å²) in [6.07, 6.45) is 6.28. The summed E-state index contributed by atoms with van der Waals surface area (Å²) in [4.78, 5) is 12.3. The molecule has 0 bridgehead atoms. The molecule has 118 valence electrons. The number of hydrogen-bond donors (Lipinski definition) is 1. The number of aromatic nitrogens is 2. The van der Waals surface area contributed by atoms with Gasteiger partial charge in [0.15, 0.2) is 0 Å². The summed E-state index contributed by atoms with van der Waals surface area (Å²) in [5, 5.41) is 12.8. The van der Waals surface area contributed by atoms with E-state index in [-0.39, 0.29) is 11.8 Å². The Labute approximate surface area is 131 Å². The standard InChI is InChI=1S/C16H27N3OS/c1-5-6-13-18-19-15(21-13)17-14(20)11-7-9-12(10-8-11)16(2,3)4/h11-12H,5-10H2,1-4H3,(H,17,19,20). The Hall–Kier alpha value is -0.970. The first kappa shape index (κ1) is 16.4. The number of carbonyl (C=O) groups is 1. The molecule has 1 aromatic rings. The van der Waals surface area contributed by atoms with E-state index < -0.39 is 0 Å². The third-order valence-electron chi connectivity index (χ3n) is 4.48. The summed E-state index contributed by atoms with van der Waals surface area (Å²) < 4.78 is 0. The number of aryl methyl sites for hydroxylation is 1. The van der Waals surface area contributed by atoms with Crippen LogP contribution in [0.5, 0.6) is 0 Å². The van der Waals surface area contributed by atoms with Crippen LogP contribution in [0.25, 0.3) is 0 Å². The lowest BCUT2D eigenvalue weighted by Crippen LogP contribution is -2.31. The zero-order valence-corrected chi connectivity index (χ0v) is 14.4. The lowest BCUT2D eigenvalue weighted by Gasteiger charge is -2.36. The molecule has 1 N–H and O–H groups in total. The fraction of sp³-hybridized carbons (Fsp3) is 0.812. The molecule has 4 nitrogen and oxygen atoms in total. The van der Waals surface area contributed by atoms with E-state index in [9.17, 15) is 4.79 Å². The third kappa shape index (κ3) is 4.50. The molecule has 0 aliphatic heterocycles. The van der Waals surface area contributed by atoms with E-state index in [1.165, 1.54) is 11.3 Å². The van der Waals surface area contributed by atoms with Gasteiger partial charge in [-0.05, 0) is 43.4 Å².